The van der Waals surface area contributed by atoms with Crippen LogP contribution in [0.25, 0.3) is 6.08 Å². The quantitative estimate of drug-likeness (QED) is 0.304. The normalized spacial score (nSPS) is 15.2. The number of anilines is 1. The van der Waals surface area contributed by atoms with E-state index < -0.39 is 21.9 Å². The summed E-state index contributed by atoms with van der Waals surface area (Å²) in [4.78, 5) is 27.4. The Hall–Kier alpha value is -3.18. The molecule has 1 aliphatic heterocycles. The molecule has 0 saturated carbocycles. The van der Waals surface area contributed by atoms with Crippen molar-refractivity contribution in [2.24, 2.45) is 0 Å². The Balaban J connectivity index is 1.59. The van der Waals surface area contributed by atoms with Crippen LogP contribution in [0.5, 0.6) is 0 Å². The van der Waals surface area contributed by atoms with E-state index in [9.17, 15) is 18.0 Å². The number of ether oxygens (including phenoxy) is 1. The number of nitrogens with zero attached hydrogens (tertiary/aromatic N) is 1. The van der Waals surface area contributed by atoms with E-state index in [1.807, 2.05) is 0 Å². The zero-order chi connectivity index (χ0) is 26.0. The molecule has 0 aliphatic carbocycles. The minimum atomic E-state index is -3.75. The molecular formula is C25H20BrClN2O6S. The van der Waals surface area contributed by atoms with Gasteiger partial charge < -0.3 is 9.15 Å². The van der Waals surface area contributed by atoms with Crippen molar-refractivity contribution in [3.05, 3.63) is 98.5 Å². The zero-order valence-corrected chi connectivity index (χ0v) is 22.3. The monoisotopic (exact) mass is 590 g/mol. The molecule has 0 fully saturated rings. The summed E-state index contributed by atoms with van der Waals surface area (Å²) in [5, 5.41) is 0.509. The third-order valence-corrected chi connectivity index (χ3v) is 7.60. The summed E-state index contributed by atoms with van der Waals surface area (Å²) in [7, 11) is -2.52. The van der Waals surface area contributed by atoms with Crippen LogP contribution in [-0.2, 0) is 30.9 Å². The van der Waals surface area contributed by atoms with Gasteiger partial charge in [-0.3, -0.25) is 9.69 Å². The topological polar surface area (TPSA) is 106 Å². The molecule has 0 radical (unpaired) electrons. The van der Waals surface area contributed by atoms with E-state index in [0.29, 0.717) is 22.2 Å². The van der Waals surface area contributed by atoms with Crippen molar-refractivity contribution in [2.75, 3.05) is 12.0 Å². The molecule has 4 rings (SSSR count). The van der Waals surface area contributed by atoms with Crippen LogP contribution in [0.3, 0.4) is 0 Å². The molecule has 186 valence electrons. The van der Waals surface area contributed by atoms with Gasteiger partial charge in [0.2, 0.25) is 10.0 Å². The van der Waals surface area contributed by atoms with Crippen LogP contribution in [0.15, 0.2) is 91.3 Å². The van der Waals surface area contributed by atoms with E-state index in [1.54, 1.807) is 55.5 Å². The number of methoxy groups -OCH3 is 1. The Morgan fingerprint density at radius 3 is 2.42 bits per heavy atom. The molecule has 0 saturated heterocycles. The summed E-state index contributed by atoms with van der Waals surface area (Å²) in [5.74, 6) is -0.520. The van der Waals surface area contributed by atoms with E-state index >= 15 is 0 Å². The summed E-state index contributed by atoms with van der Waals surface area (Å²) in [6.45, 7) is 1.54. The van der Waals surface area contributed by atoms with E-state index in [1.165, 1.54) is 30.2 Å². The Kier molecular flexibility index (Phi) is 7.51. The maximum absolute atomic E-state index is 13.3. The predicted molar refractivity (Wildman–Crippen MR) is 139 cm³/mol. The van der Waals surface area contributed by atoms with Gasteiger partial charge in [-0.1, -0.05) is 27.5 Å². The van der Waals surface area contributed by atoms with Crippen LogP contribution in [-0.4, -0.2) is 27.4 Å². The van der Waals surface area contributed by atoms with Crippen LogP contribution in [0.2, 0.25) is 5.02 Å². The standard InChI is InChI=1S/C25H20BrClN2O6S/c1-15-23(25(31)34-2)22(24(30)29(15)18-7-5-17(27)6-8-18)13-19-9-10-20(35-19)14-28-36(32,33)21-11-3-16(26)4-12-21/h3-13,28H,14H2,1-2H3/b22-13+. The van der Waals surface area contributed by atoms with Crippen molar-refractivity contribution in [1.29, 1.82) is 0 Å². The lowest BCUT2D eigenvalue weighted by atomic mass is 10.1. The Bertz CT molecular complexity index is 1490. The number of sulfonamides is 1. The molecule has 3 aromatic rings. The summed E-state index contributed by atoms with van der Waals surface area (Å²) in [6, 6.07) is 16.0. The summed E-state index contributed by atoms with van der Waals surface area (Å²) >= 11 is 9.24. The number of furan rings is 1. The average molecular weight is 592 g/mol. The second kappa shape index (κ2) is 10.4. The van der Waals surface area contributed by atoms with Crippen molar-refractivity contribution in [1.82, 2.24) is 4.72 Å². The van der Waals surface area contributed by atoms with Crippen LogP contribution < -0.4 is 9.62 Å². The van der Waals surface area contributed by atoms with E-state index in [4.69, 9.17) is 20.8 Å². The zero-order valence-electron chi connectivity index (χ0n) is 19.1. The number of carbonyl (C=O) groups is 2. The summed E-state index contributed by atoms with van der Waals surface area (Å²) < 4.78 is 38.9. The minimum absolute atomic E-state index is 0.0886. The maximum atomic E-state index is 13.3. The first-order chi connectivity index (χ1) is 17.1. The van der Waals surface area contributed by atoms with Gasteiger partial charge in [0.1, 0.15) is 11.5 Å². The van der Waals surface area contributed by atoms with Crippen LogP contribution >= 0.6 is 27.5 Å². The molecule has 2 heterocycles. The van der Waals surface area contributed by atoms with Crippen molar-refractivity contribution >= 4 is 61.2 Å². The molecule has 11 heteroatoms. The lowest BCUT2D eigenvalue weighted by Gasteiger charge is -2.17. The molecular weight excluding hydrogens is 572 g/mol. The fraction of sp³-hybridized carbons (Fsp3) is 0.120. The fourth-order valence-corrected chi connectivity index (χ4v) is 5.04. The SMILES string of the molecule is COC(=O)C1=C(C)N(c2ccc(Cl)cc2)C(=O)/C1=C/c1ccc(CNS(=O)(=O)c2ccc(Br)cc2)o1. The minimum Gasteiger partial charge on any atom is -0.465 e. The third-order valence-electron chi connectivity index (χ3n) is 5.40. The van der Waals surface area contributed by atoms with Gasteiger partial charge in [0, 0.05) is 20.9 Å². The molecule has 0 unspecified atom stereocenters. The van der Waals surface area contributed by atoms with Gasteiger partial charge in [0.25, 0.3) is 5.91 Å². The van der Waals surface area contributed by atoms with E-state index in [-0.39, 0.29) is 28.3 Å². The van der Waals surface area contributed by atoms with Gasteiger partial charge >= 0.3 is 5.97 Å². The highest BCUT2D eigenvalue weighted by Gasteiger charge is 2.38. The number of carbonyl (C=O) groups excluding carboxylic acids is 2. The van der Waals surface area contributed by atoms with Crippen LogP contribution in [0.1, 0.15) is 18.4 Å². The highest BCUT2D eigenvalue weighted by Crippen LogP contribution is 2.36. The Labute approximate surface area is 221 Å². The van der Waals surface area contributed by atoms with Gasteiger partial charge in [-0.15, -0.1) is 0 Å². The van der Waals surface area contributed by atoms with Crippen molar-refractivity contribution in [3.8, 4) is 0 Å². The maximum Gasteiger partial charge on any atom is 0.340 e. The number of esters is 1. The number of hydrogen-bond donors (Lipinski definition) is 1. The second-order valence-corrected chi connectivity index (χ2v) is 10.8. The number of benzene rings is 2. The molecule has 36 heavy (non-hydrogen) atoms. The van der Waals surface area contributed by atoms with Crippen molar-refractivity contribution in [2.45, 2.75) is 18.4 Å². The number of hydrogen-bond acceptors (Lipinski definition) is 6. The second-order valence-electron chi connectivity index (χ2n) is 7.71. The van der Waals surface area contributed by atoms with Gasteiger partial charge in [-0.05, 0) is 73.7 Å². The van der Waals surface area contributed by atoms with Crippen molar-refractivity contribution in [3.63, 3.8) is 0 Å². The highest BCUT2D eigenvalue weighted by molar-refractivity contribution is 9.10. The van der Waals surface area contributed by atoms with Crippen LogP contribution in [0, 0.1) is 0 Å². The fourth-order valence-electron chi connectivity index (χ4n) is 3.65. The number of nitrogens with one attached hydrogen (secondary N) is 1. The van der Waals surface area contributed by atoms with Gasteiger partial charge in [0.05, 0.1) is 29.7 Å². The van der Waals surface area contributed by atoms with Crippen molar-refractivity contribution < 1.29 is 27.2 Å². The molecule has 2 aromatic carbocycles. The predicted octanol–water partition coefficient (Wildman–Crippen LogP) is 5.05. The number of rotatable bonds is 7. The molecule has 1 aliphatic rings. The van der Waals surface area contributed by atoms with Gasteiger partial charge in [-0.2, -0.15) is 0 Å². The molecule has 0 spiro atoms. The molecule has 0 atom stereocenters. The Morgan fingerprint density at radius 1 is 1.11 bits per heavy atom. The largest absolute Gasteiger partial charge is 0.465 e. The van der Waals surface area contributed by atoms with Crippen LogP contribution in [0.4, 0.5) is 5.69 Å². The van der Waals surface area contributed by atoms with E-state index in [2.05, 4.69) is 20.7 Å². The molecule has 8 nitrogen and oxygen atoms in total. The first-order valence-electron chi connectivity index (χ1n) is 10.6. The summed E-state index contributed by atoms with van der Waals surface area (Å²) in [5.41, 5.74) is 1.13. The lowest BCUT2D eigenvalue weighted by Crippen LogP contribution is -2.24. The molecule has 1 N–H and O–H groups in total. The van der Waals surface area contributed by atoms with E-state index in [0.717, 1.165) is 4.47 Å². The molecule has 1 aromatic heterocycles. The first kappa shape index (κ1) is 25.9. The number of allylic oxidation sites excluding steroid dienone is 1. The van der Waals surface area contributed by atoms with Gasteiger partial charge in [0.15, 0.2) is 0 Å². The summed E-state index contributed by atoms with van der Waals surface area (Å²) in [6.07, 6.45) is 1.43. The number of halogens is 2. The van der Waals surface area contributed by atoms with Gasteiger partial charge in [-0.25, -0.2) is 17.9 Å². The molecule has 1 amide bonds. The number of amides is 1. The average Bonchev–Trinajstić information content (AvgIpc) is 3.40. The molecule has 0 bridgehead atoms. The third kappa shape index (κ3) is 5.31. The Morgan fingerprint density at radius 2 is 1.78 bits per heavy atom. The smallest absolute Gasteiger partial charge is 0.340 e. The lowest BCUT2D eigenvalue weighted by molar-refractivity contribution is -0.136. The highest BCUT2D eigenvalue weighted by atomic mass is 79.9. The first-order valence-corrected chi connectivity index (χ1v) is 13.2.